The van der Waals surface area contributed by atoms with Crippen molar-refractivity contribution in [2.24, 2.45) is 0 Å². The summed E-state index contributed by atoms with van der Waals surface area (Å²) in [4.78, 5) is 15.9. The topological polar surface area (TPSA) is 83.8 Å². The van der Waals surface area contributed by atoms with Gasteiger partial charge in [0.2, 0.25) is 5.82 Å². The third-order valence-corrected chi connectivity index (χ3v) is 2.70. The molecular formula is C11H12N4O2. The van der Waals surface area contributed by atoms with E-state index in [2.05, 4.69) is 20.5 Å². The molecule has 0 bridgehead atoms. The zero-order valence-corrected chi connectivity index (χ0v) is 9.14. The number of aromatic nitrogens is 3. The zero-order valence-electron chi connectivity index (χ0n) is 9.14. The molecule has 1 aliphatic carbocycles. The number of furan rings is 1. The fourth-order valence-corrected chi connectivity index (χ4v) is 1.57. The van der Waals surface area contributed by atoms with Gasteiger partial charge < -0.3 is 9.73 Å². The van der Waals surface area contributed by atoms with Gasteiger partial charge in [0.15, 0.2) is 0 Å². The summed E-state index contributed by atoms with van der Waals surface area (Å²) in [6, 6.07) is 1.80. The molecule has 1 saturated carbocycles. The largest absolute Gasteiger partial charge is 0.472 e. The SMILES string of the molecule is O=C(NCc1ccoc1)c1n[nH]c(C2CC2)n1. The summed E-state index contributed by atoms with van der Waals surface area (Å²) >= 11 is 0. The van der Waals surface area contributed by atoms with Gasteiger partial charge in [0, 0.05) is 18.0 Å². The lowest BCUT2D eigenvalue weighted by Crippen LogP contribution is -2.23. The molecule has 0 saturated heterocycles. The predicted octanol–water partition coefficient (Wildman–Crippen LogP) is 1.21. The molecule has 0 unspecified atom stereocenters. The maximum atomic E-state index is 11.7. The van der Waals surface area contributed by atoms with E-state index in [4.69, 9.17) is 4.42 Å². The van der Waals surface area contributed by atoms with Gasteiger partial charge in [0.05, 0.1) is 12.5 Å². The average molecular weight is 232 g/mol. The number of carbonyl (C=O) groups is 1. The molecule has 6 nitrogen and oxygen atoms in total. The Bertz CT molecular complexity index is 513. The van der Waals surface area contributed by atoms with Gasteiger partial charge in [-0.15, -0.1) is 5.10 Å². The maximum Gasteiger partial charge on any atom is 0.291 e. The average Bonchev–Trinajstić information content (AvgIpc) is 2.88. The first-order chi connectivity index (χ1) is 8.33. The Labute approximate surface area is 97.4 Å². The summed E-state index contributed by atoms with van der Waals surface area (Å²) < 4.78 is 4.91. The first kappa shape index (κ1) is 10.1. The van der Waals surface area contributed by atoms with Crippen molar-refractivity contribution in [3.8, 4) is 0 Å². The van der Waals surface area contributed by atoms with Crippen LogP contribution in [0.25, 0.3) is 0 Å². The maximum absolute atomic E-state index is 11.7. The Hall–Kier alpha value is -2.11. The summed E-state index contributed by atoms with van der Waals surface area (Å²) in [5.41, 5.74) is 0.913. The molecule has 2 heterocycles. The van der Waals surface area contributed by atoms with Crippen LogP contribution in [0.15, 0.2) is 23.0 Å². The molecule has 6 heteroatoms. The van der Waals surface area contributed by atoms with Gasteiger partial charge in [-0.1, -0.05) is 0 Å². The Morgan fingerprint density at radius 1 is 1.59 bits per heavy atom. The highest BCUT2D eigenvalue weighted by molar-refractivity contribution is 5.90. The fraction of sp³-hybridized carbons (Fsp3) is 0.364. The zero-order chi connectivity index (χ0) is 11.7. The van der Waals surface area contributed by atoms with Crippen molar-refractivity contribution in [2.75, 3.05) is 0 Å². The van der Waals surface area contributed by atoms with E-state index >= 15 is 0 Å². The van der Waals surface area contributed by atoms with Gasteiger partial charge in [-0.25, -0.2) is 4.98 Å². The minimum Gasteiger partial charge on any atom is -0.472 e. The van der Waals surface area contributed by atoms with E-state index < -0.39 is 0 Å². The molecule has 3 rings (SSSR count). The number of amides is 1. The second-order valence-electron chi connectivity index (χ2n) is 4.13. The highest BCUT2D eigenvalue weighted by Gasteiger charge is 2.28. The van der Waals surface area contributed by atoms with Crippen LogP contribution in [0.1, 0.15) is 40.8 Å². The second-order valence-corrected chi connectivity index (χ2v) is 4.13. The molecule has 1 fully saturated rings. The van der Waals surface area contributed by atoms with Gasteiger partial charge in [0.25, 0.3) is 5.91 Å². The normalized spacial score (nSPS) is 14.8. The number of nitrogens with one attached hydrogen (secondary N) is 2. The van der Waals surface area contributed by atoms with E-state index in [-0.39, 0.29) is 11.7 Å². The summed E-state index contributed by atoms with van der Waals surface area (Å²) in [5.74, 6) is 1.22. The van der Waals surface area contributed by atoms with E-state index in [1.807, 2.05) is 0 Å². The van der Waals surface area contributed by atoms with E-state index in [1.54, 1.807) is 18.6 Å². The third kappa shape index (κ3) is 2.20. The van der Waals surface area contributed by atoms with Crippen LogP contribution in [-0.2, 0) is 6.54 Å². The van der Waals surface area contributed by atoms with Crippen LogP contribution < -0.4 is 5.32 Å². The minimum atomic E-state index is -0.269. The molecule has 88 valence electrons. The van der Waals surface area contributed by atoms with E-state index in [0.717, 1.165) is 24.2 Å². The third-order valence-electron chi connectivity index (χ3n) is 2.70. The van der Waals surface area contributed by atoms with Crippen molar-refractivity contribution in [1.29, 1.82) is 0 Å². The number of H-pyrrole nitrogens is 1. The Balaban J connectivity index is 1.60. The lowest BCUT2D eigenvalue weighted by Gasteiger charge is -1.98. The Morgan fingerprint density at radius 3 is 3.18 bits per heavy atom. The van der Waals surface area contributed by atoms with E-state index in [0.29, 0.717) is 12.5 Å². The first-order valence-corrected chi connectivity index (χ1v) is 5.54. The highest BCUT2D eigenvalue weighted by Crippen LogP contribution is 2.37. The van der Waals surface area contributed by atoms with Crippen molar-refractivity contribution in [2.45, 2.75) is 25.3 Å². The molecule has 0 spiro atoms. The molecule has 1 amide bonds. The number of carbonyl (C=O) groups excluding carboxylic acids is 1. The summed E-state index contributed by atoms with van der Waals surface area (Å²) in [5, 5.41) is 9.44. The van der Waals surface area contributed by atoms with Crippen LogP contribution in [0.2, 0.25) is 0 Å². The van der Waals surface area contributed by atoms with Crippen molar-refractivity contribution < 1.29 is 9.21 Å². The van der Waals surface area contributed by atoms with Crippen molar-refractivity contribution in [1.82, 2.24) is 20.5 Å². The fourth-order valence-electron chi connectivity index (χ4n) is 1.57. The van der Waals surface area contributed by atoms with Crippen molar-refractivity contribution in [3.63, 3.8) is 0 Å². The quantitative estimate of drug-likeness (QED) is 0.829. The molecule has 2 N–H and O–H groups in total. The number of rotatable bonds is 4. The van der Waals surface area contributed by atoms with Gasteiger partial charge in [-0.3, -0.25) is 9.89 Å². The number of nitrogens with zero attached hydrogens (tertiary/aromatic N) is 2. The van der Waals surface area contributed by atoms with Gasteiger partial charge in [-0.05, 0) is 18.9 Å². The Morgan fingerprint density at radius 2 is 2.47 bits per heavy atom. The summed E-state index contributed by atoms with van der Waals surface area (Å²) in [6.07, 6.45) is 5.42. The molecule has 0 atom stereocenters. The van der Waals surface area contributed by atoms with Gasteiger partial charge in [-0.2, -0.15) is 0 Å². The predicted molar refractivity (Wildman–Crippen MR) is 58.2 cm³/mol. The molecule has 1 aliphatic rings. The minimum absolute atomic E-state index is 0.204. The monoisotopic (exact) mass is 232 g/mol. The molecule has 17 heavy (non-hydrogen) atoms. The van der Waals surface area contributed by atoms with Gasteiger partial charge in [0.1, 0.15) is 5.82 Å². The first-order valence-electron chi connectivity index (χ1n) is 5.54. The molecule has 0 aromatic carbocycles. The van der Waals surface area contributed by atoms with E-state index in [9.17, 15) is 4.79 Å². The van der Waals surface area contributed by atoms with Crippen LogP contribution in [0.5, 0.6) is 0 Å². The van der Waals surface area contributed by atoms with E-state index in [1.165, 1.54) is 0 Å². The standard InChI is InChI=1S/C11H12N4O2/c16-11(12-5-7-3-4-17-6-7)10-13-9(14-15-10)8-1-2-8/h3-4,6,8H,1-2,5H2,(H,12,16)(H,13,14,15). The number of aromatic amines is 1. The lowest BCUT2D eigenvalue weighted by atomic mass is 10.3. The number of hydrogen-bond donors (Lipinski definition) is 2. The van der Waals surface area contributed by atoms with Crippen molar-refractivity contribution >= 4 is 5.91 Å². The lowest BCUT2D eigenvalue weighted by molar-refractivity contribution is 0.0941. The van der Waals surface area contributed by atoms with Crippen LogP contribution in [0.3, 0.4) is 0 Å². The Kier molecular flexibility index (Phi) is 2.40. The van der Waals surface area contributed by atoms with Gasteiger partial charge >= 0.3 is 0 Å². The van der Waals surface area contributed by atoms with Crippen molar-refractivity contribution in [3.05, 3.63) is 35.8 Å². The number of hydrogen-bond acceptors (Lipinski definition) is 4. The summed E-state index contributed by atoms with van der Waals surface area (Å²) in [7, 11) is 0. The molecule has 2 aromatic heterocycles. The molecular weight excluding hydrogens is 220 g/mol. The van der Waals surface area contributed by atoms with Crippen LogP contribution in [-0.4, -0.2) is 21.1 Å². The smallest absolute Gasteiger partial charge is 0.291 e. The molecule has 0 aliphatic heterocycles. The molecule has 2 aromatic rings. The van der Waals surface area contributed by atoms with Crippen LogP contribution in [0, 0.1) is 0 Å². The highest BCUT2D eigenvalue weighted by atomic mass is 16.3. The van der Waals surface area contributed by atoms with Crippen LogP contribution in [0.4, 0.5) is 0 Å². The second kappa shape index (κ2) is 4.04. The summed E-state index contributed by atoms with van der Waals surface area (Å²) in [6.45, 7) is 0.419. The molecule has 0 radical (unpaired) electrons. The van der Waals surface area contributed by atoms with Crippen LogP contribution >= 0.6 is 0 Å².